The summed E-state index contributed by atoms with van der Waals surface area (Å²) in [5, 5.41) is 19.8. The molecule has 158 valence electrons. The maximum Gasteiger partial charge on any atom is 0.116 e. The summed E-state index contributed by atoms with van der Waals surface area (Å²) >= 11 is 0. The minimum Gasteiger partial charge on any atom is -0.508 e. The second-order valence-corrected chi connectivity index (χ2v) is 9.05. The predicted molar refractivity (Wildman–Crippen MR) is 121 cm³/mol. The molecule has 2 N–H and O–H groups in total. The van der Waals surface area contributed by atoms with Crippen molar-refractivity contribution in [2.24, 2.45) is 11.3 Å². The summed E-state index contributed by atoms with van der Waals surface area (Å²) in [4.78, 5) is 5.17. The minimum absolute atomic E-state index is 0.206. The smallest absolute Gasteiger partial charge is 0.116 e. The summed E-state index contributed by atoms with van der Waals surface area (Å²) < 4.78 is 0. The molecule has 4 heteroatoms. The molecule has 2 heterocycles. The van der Waals surface area contributed by atoms with Gasteiger partial charge in [-0.1, -0.05) is 50.8 Å². The molecular formula is C25H36N2O2. The number of hydrogen-bond donors (Lipinski definition) is 2. The number of allylic oxidation sites excluding steroid dienone is 8. The van der Waals surface area contributed by atoms with Crippen molar-refractivity contribution in [3.8, 4) is 0 Å². The third-order valence-electron chi connectivity index (χ3n) is 6.93. The van der Waals surface area contributed by atoms with Gasteiger partial charge in [0, 0.05) is 38.8 Å². The van der Waals surface area contributed by atoms with Crippen LogP contribution in [0.15, 0.2) is 72.3 Å². The van der Waals surface area contributed by atoms with Gasteiger partial charge >= 0.3 is 0 Å². The third-order valence-corrected chi connectivity index (χ3v) is 6.93. The van der Waals surface area contributed by atoms with Crippen molar-refractivity contribution in [2.45, 2.75) is 39.2 Å². The highest BCUT2D eigenvalue weighted by Gasteiger charge is 2.42. The summed E-state index contributed by atoms with van der Waals surface area (Å²) in [6.45, 7) is 13.6. The summed E-state index contributed by atoms with van der Waals surface area (Å²) in [5.41, 5.74) is 1.38. The Hall–Kier alpha value is -2.04. The number of aliphatic hydroxyl groups is 2. The topological polar surface area (TPSA) is 46.9 Å². The van der Waals surface area contributed by atoms with E-state index >= 15 is 0 Å². The van der Waals surface area contributed by atoms with Crippen LogP contribution in [-0.2, 0) is 0 Å². The van der Waals surface area contributed by atoms with E-state index in [-0.39, 0.29) is 11.2 Å². The third kappa shape index (κ3) is 5.52. The summed E-state index contributed by atoms with van der Waals surface area (Å²) in [6, 6.07) is 0.565. The Morgan fingerprint density at radius 3 is 2.93 bits per heavy atom. The standard InChI is InChI=1S/C25H36N2O2/c1-4-23(28)11-8-9-13-25(3)16-22-19-26(14-15-27(22)17-20(25)2)18-21-10-6-5-7-12-24(21)29/h4-9,11-12,20,22,28-29H,1,10,13-19H2,2-3H3/b9-8-,23-11+/t20?,22?,25-/m1/s1. The maximum atomic E-state index is 10.3. The fraction of sp³-hybridized carbons (Fsp3) is 0.520. The highest BCUT2D eigenvalue weighted by molar-refractivity contribution is 5.28. The zero-order valence-corrected chi connectivity index (χ0v) is 17.9. The first kappa shape index (κ1) is 21.7. The van der Waals surface area contributed by atoms with Crippen LogP contribution in [0.4, 0.5) is 0 Å². The number of nitrogens with zero attached hydrogens (tertiary/aromatic N) is 2. The lowest BCUT2D eigenvalue weighted by Gasteiger charge is -2.53. The Morgan fingerprint density at radius 2 is 2.14 bits per heavy atom. The molecule has 2 unspecified atom stereocenters. The first-order valence-corrected chi connectivity index (χ1v) is 10.8. The van der Waals surface area contributed by atoms with Crippen molar-refractivity contribution in [3.05, 3.63) is 72.3 Å². The lowest BCUT2D eigenvalue weighted by Crippen LogP contribution is -2.60. The molecule has 1 aliphatic carbocycles. The van der Waals surface area contributed by atoms with Gasteiger partial charge in [0.05, 0.1) is 0 Å². The highest BCUT2D eigenvalue weighted by atomic mass is 16.3. The van der Waals surface area contributed by atoms with Crippen molar-refractivity contribution < 1.29 is 10.2 Å². The van der Waals surface area contributed by atoms with Crippen molar-refractivity contribution in [2.75, 3.05) is 32.7 Å². The molecular weight excluding hydrogens is 360 g/mol. The SMILES string of the molecule is C=C/C(O)=C\C=C/C[C@]1(C)CC2CN(CC3=C(O)C=CC=CC3)CCN2CC1C. The van der Waals surface area contributed by atoms with Crippen LogP contribution in [0, 0.1) is 11.3 Å². The van der Waals surface area contributed by atoms with Gasteiger partial charge in [-0.15, -0.1) is 0 Å². The fourth-order valence-corrected chi connectivity index (χ4v) is 4.78. The average Bonchev–Trinajstić information content (AvgIpc) is 2.90. The molecule has 2 aliphatic heterocycles. The van der Waals surface area contributed by atoms with E-state index < -0.39 is 0 Å². The maximum absolute atomic E-state index is 10.3. The Bertz CT molecular complexity index is 746. The van der Waals surface area contributed by atoms with E-state index in [9.17, 15) is 10.2 Å². The van der Waals surface area contributed by atoms with E-state index in [2.05, 4.69) is 42.4 Å². The predicted octanol–water partition coefficient (Wildman–Crippen LogP) is 4.92. The number of piperidine rings is 1. The molecule has 0 aromatic heterocycles. The van der Waals surface area contributed by atoms with Crippen LogP contribution < -0.4 is 0 Å². The van der Waals surface area contributed by atoms with Gasteiger partial charge in [-0.3, -0.25) is 9.80 Å². The molecule has 3 rings (SSSR count). The quantitative estimate of drug-likeness (QED) is 0.494. The van der Waals surface area contributed by atoms with Crippen LogP contribution in [0.5, 0.6) is 0 Å². The molecule has 3 aliphatic rings. The molecule has 3 atom stereocenters. The number of fused-ring (bicyclic) bond motifs is 1. The molecule has 0 saturated carbocycles. The molecule has 0 aromatic carbocycles. The summed E-state index contributed by atoms with van der Waals surface area (Å²) in [6.07, 6.45) is 18.1. The summed E-state index contributed by atoms with van der Waals surface area (Å²) in [7, 11) is 0. The molecule has 0 amide bonds. The fourth-order valence-electron chi connectivity index (χ4n) is 4.78. The molecule has 4 nitrogen and oxygen atoms in total. The molecule has 0 aromatic rings. The molecule has 2 fully saturated rings. The average molecular weight is 397 g/mol. The van der Waals surface area contributed by atoms with Crippen LogP contribution in [0.1, 0.15) is 33.1 Å². The monoisotopic (exact) mass is 396 g/mol. The molecule has 0 bridgehead atoms. The second-order valence-electron chi connectivity index (χ2n) is 9.05. The second kappa shape index (κ2) is 9.64. The van der Waals surface area contributed by atoms with Crippen LogP contribution >= 0.6 is 0 Å². The number of piperazine rings is 1. The van der Waals surface area contributed by atoms with Crippen molar-refractivity contribution in [3.63, 3.8) is 0 Å². The number of hydrogen-bond acceptors (Lipinski definition) is 4. The largest absolute Gasteiger partial charge is 0.508 e. The number of rotatable bonds is 6. The van der Waals surface area contributed by atoms with Gasteiger partial charge < -0.3 is 10.2 Å². The molecule has 0 spiro atoms. The normalized spacial score (nSPS) is 31.9. The zero-order chi connectivity index (χ0) is 20.9. The summed E-state index contributed by atoms with van der Waals surface area (Å²) in [5.74, 6) is 1.27. The van der Waals surface area contributed by atoms with Crippen molar-refractivity contribution in [1.82, 2.24) is 9.80 Å². The van der Waals surface area contributed by atoms with E-state index in [1.807, 2.05) is 18.2 Å². The van der Waals surface area contributed by atoms with E-state index in [1.54, 1.807) is 12.2 Å². The van der Waals surface area contributed by atoms with Gasteiger partial charge in [0.2, 0.25) is 0 Å². The lowest BCUT2D eigenvalue weighted by molar-refractivity contribution is -0.0294. The van der Waals surface area contributed by atoms with Gasteiger partial charge in [-0.05, 0) is 54.4 Å². The van der Waals surface area contributed by atoms with E-state index in [1.165, 1.54) is 12.5 Å². The van der Waals surface area contributed by atoms with Crippen LogP contribution in [0.25, 0.3) is 0 Å². The van der Waals surface area contributed by atoms with Crippen LogP contribution in [0.2, 0.25) is 0 Å². The first-order valence-electron chi connectivity index (χ1n) is 10.8. The Balaban J connectivity index is 1.62. The lowest BCUT2D eigenvalue weighted by atomic mass is 9.67. The minimum atomic E-state index is 0.206. The van der Waals surface area contributed by atoms with Gasteiger partial charge in [0.1, 0.15) is 11.5 Å². The van der Waals surface area contributed by atoms with Crippen molar-refractivity contribution >= 4 is 0 Å². The molecule has 0 radical (unpaired) electrons. The molecule has 2 saturated heterocycles. The first-order chi connectivity index (χ1) is 13.9. The highest BCUT2D eigenvalue weighted by Crippen LogP contribution is 2.43. The van der Waals surface area contributed by atoms with Gasteiger partial charge in [-0.25, -0.2) is 0 Å². The zero-order valence-electron chi connectivity index (χ0n) is 17.9. The Labute approximate surface area is 175 Å². The van der Waals surface area contributed by atoms with Gasteiger partial charge in [0.15, 0.2) is 0 Å². The van der Waals surface area contributed by atoms with Gasteiger partial charge in [0.25, 0.3) is 0 Å². The van der Waals surface area contributed by atoms with E-state index in [0.717, 1.165) is 51.1 Å². The van der Waals surface area contributed by atoms with Crippen molar-refractivity contribution in [1.29, 1.82) is 0 Å². The number of aliphatic hydroxyl groups excluding tert-OH is 2. The molecule has 29 heavy (non-hydrogen) atoms. The van der Waals surface area contributed by atoms with Crippen LogP contribution in [0.3, 0.4) is 0 Å². The van der Waals surface area contributed by atoms with E-state index in [4.69, 9.17) is 0 Å². The van der Waals surface area contributed by atoms with Crippen LogP contribution in [-0.4, -0.2) is 58.8 Å². The Morgan fingerprint density at radius 1 is 1.31 bits per heavy atom. The van der Waals surface area contributed by atoms with E-state index in [0.29, 0.717) is 17.7 Å². The van der Waals surface area contributed by atoms with Gasteiger partial charge in [-0.2, -0.15) is 0 Å². The Kier molecular flexibility index (Phi) is 7.20.